The molecule has 0 unspecified atom stereocenters. The van der Waals surface area contributed by atoms with Gasteiger partial charge in [0, 0.05) is 42.7 Å². The number of H-pyrrole nitrogens is 1. The van der Waals surface area contributed by atoms with Crippen LogP contribution in [0, 0.1) is 0 Å². The first kappa shape index (κ1) is 9.87. The van der Waals surface area contributed by atoms with E-state index in [0.717, 1.165) is 19.5 Å². The van der Waals surface area contributed by atoms with Crippen LogP contribution in [0.25, 0.3) is 10.9 Å². The van der Waals surface area contributed by atoms with E-state index < -0.39 is 0 Å². The molecule has 1 aromatic carbocycles. The number of benzene rings is 1. The van der Waals surface area contributed by atoms with E-state index in [4.69, 9.17) is 5.73 Å². The fourth-order valence-electron chi connectivity index (χ4n) is 2.52. The lowest BCUT2D eigenvalue weighted by Gasteiger charge is -2.22. The lowest BCUT2D eigenvalue weighted by atomic mass is 10.0. The molecule has 3 N–H and O–H groups in total. The van der Waals surface area contributed by atoms with Crippen molar-refractivity contribution in [1.29, 1.82) is 0 Å². The molecule has 3 heteroatoms. The topological polar surface area (TPSA) is 45.0 Å². The molecule has 0 fully saturated rings. The zero-order valence-electron chi connectivity index (χ0n) is 9.59. The van der Waals surface area contributed by atoms with Gasteiger partial charge in [0.25, 0.3) is 0 Å². The molecule has 16 heavy (non-hydrogen) atoms. The Morgan fingerprint density at radius 3 is 3.12 bits per heavy atom. The van der Waals surface area contributed by atoms with Crippen LogP contribution in [0.5, 0.6) is 0 Å². The molecule has 0 saturated carbocycles. The lowest BCUT2D eigenvalue weighted by Crippen LogP contribution is -2.26. The van der Waals surface area contributed by atoms with Crippen LogP contribution < -0.4 is 5.73 Å². The molecule has 1 aliphatic heterocycles. The van der Waals surface area contributed by atoms with Crippen LogP contribution in [0.2, 0.25) is 0 Å². The minimum Gasteiger partial charge on any atom is -0.358 e. The average Bonchev–Trinajstić information content (AvgIpc) is 2.66. The number of nitrogens with two attached hydrogens (primary N) is 1. The summed E-state index contributed by atoms with van der Waals surface area (Å²) in [6.45, 7) is 2.80. The molecule has 2 aromatic rings. The molecule has 0 radical (unpaired) electrons. The molecule has 0 spiro atoms. The molecule has 3 nitrogen and oxygen atoms in total. The van der Waals surface area contributed by atoms with E-state index >= 15 is 0 Å². The maximum Gasteiger partial charge on any atom is 0.0459 e. The summed E-state index contributed by atoms with van der Waals surface area (Å²) in [5.41, 5.74) is 11.0. The minimum atomic E-state index is 0.617. The first-order valence-electron chi connectivity index (χ1n) is 5.79. The fourth-order valence-corrected chi connectivity index (χ4v) is 2.52. The molecule has 0 saturated heterocycles. The van der Waals surface area contributed by atoms with Gasteiger partial charge in [0.05, 0.1) is 0 Å². The van der Waals surface area contributed by atoms with Crippen LogP contribution in [-0.2, 0) is 19.5 Å². The van der Waals surface area contributed by atoms with Crippen LogP contribution in [0.1, 0.15) is 16.8 Å². The van der Waals surface area contributed by atoms with Crippen molar-refractivity contribution in [2.75, 3.05) is 13.6 Å². The van der Waals surface area contributed by atoms with Crippen molar-refractivity contribution in [2.24, 2.45) is 5.73 Å². The van der Waals surface area contributed by atoms with Crippen LogP contribution in [0.4, 0.5) is 0 Å². The Labute approximate surface area is 95.2 Å². The number of hydrogen-bond acceptors (Lipinski definition) is 2. The molecular weight excluding hydrogens is 198 g/mol. The number of rotatable bonds is 1. The smallest absolute Gasteiger partial charge is 0.0459 e. The van der Waals surface area contributed by atoms with E-state index in [0.29, 0.717) is 6.54 Å². The highest BCUT2D eigenvalue weighted by atomic mass is 15.1. The van der Waals surface area contributed by atoms with Gasteiger partial charge in [-0.1, -0.05) is 6.07 Å². The third kappa shape index (κ3) is 1.44. The molecule has 3 rings (SSSR count). The SMILES string of the molecule is CN1CCc2[nH]c3ccc(CN)cc3c2C1. The quantitative estimate of drug-likeness (QED) is 0.759. The molecular formula is C13H17N3. The molecule has 0 amide bonds. The molecule has 84 valence electrons. The summed E-state index contributed by atoms with van der Waals surface area (Å²) in [5.74, 6) is 0. The molecule has 2 heterocycles. The number of likely N-dealkylation sites (N-methyl/N-ethyl adjacent to an activating group) is 1. The summed E-state index contributed by atoms with van der Waals surface area (Å²) < 4.78 is 0. The van der Waals surface area contributed by atoms with Crippen molar-refractivity contribution < 1.29 is 0 Å². The Balaban J connectivity index is 2.20. The van der Waals surface area contributed by atoms with Gasteiger partial charge in [-0.05, 0) is 30.3 Å². The van der Waals surface area contributed by atoms with Crippen molar-refractivity contribution in [3.8, 4) is 0 Å². The van der Waals surface area contributed by atoms with E-state index in [2.05, 4.69) is 35.1 Å². The van der Waals surface area contributed by atoms with Crippen molar-refractivity contribution in [1.82, 2.24) is 9.88 Å². The average molecular weight is 215 g/mol. The van der Waals surface area contributed by atoms with E-state index in [1.165, 1.54) is 27.7 Å². The van der Waals surface area contributed by atoms with E-state index in [-0.39, 0.29) is 0 Å². The van der Waals surface area contributed by atoms with E-state index in [1.54, 1.807) is 0 Å². The Morgan fingerprint density at radius 2 is 2.31 bits per heavy atom. The second-order valence-electron chi connectivity index (χ2n) is 4.65. The molecule has 0 aliphatic carbocycles. The number of aromatic nitrogens is 1. The molecule has 1 aromatic heterocycles. The third-order valence-corrected chi connectivity index (χ3v) is 3.47. The maximum absolute atomic E-state index is 5.69. The van der Waals surface area contributed by atoms with Gasteiger partial charge in [0.1, 0.15) is 0 Å². The van der Waals surface area contributed by atoms with Gasteiger partial charge < -0.3 is 15.6 Å². The maximum atomic E-state index is 5.69. The van der Waals surface area contributed by atoms with E-state index in [1.807, 2.05) is 0 Å². The normalized spacial score (nSPS) is 16.6. The monoisotopic (exact) mass is 215 g/mol. The Hall–Kier alpha value is -1.32. The number of nitrogens with zero attached hydrogens (tertiary/aromatic N) is 1. The zero-order valence-corrected chi connectivity index (χ0v) is 9.59. The van der Waals surface area contributed by atoms with Gasteiger partial charge in [0.2, 0.25) is 0 Å². The molecule has 1 aliphatic rings. The zero-order chi connectivity index (χ0) is 11.1. The predicted molar refractivity (Wildman–Crippen MR) is 66.2 cm³/mol. The minimum absolute atomic E-state index is 0.617. The summed E-state index contributed by atoms with van der Waals surface area (Å²) in [6.07, 6.45) is 1.12. The van der Waals surface area contributed by atoms with Gasteiger partial charge in [-0.15, -0.1) is 0 Å². The second-order valence-corrected chi connectivity index (χ2v) is 4.65. The first-order valence-corrected chi connectivity index (χ1v) is 5.79. The number of fused-ring (bicyclic) bond motifs is 3. The van der Waals surface area contributed by atoms with Crippen LogP contribution in [-0.4, -0.2) is 23.5 Å². The molecule has 0 atom stereocenters. The van der Waals surface area contributed by atoms with Gasteiger partial charge in [-0.2, -0.15) is 0 Å². The number of aromatic amines is 1. The van der Waals surface area contributed by atoms with E-state index in [9.17, 15) is 0 Å². The summed E-state index contributed by atoms with van der Waals surface area (Å²) in [6, 6.07) is 6.48. The standard InChI is InChI=1S/C13H17N3/c1-16-5-4-13-11(8-16)10-6-9(7-14)2-3-12(10)15-13/h2-3,6,15H,4-5,7-8,14H2,1H3. The number of nitrogens with one attached hydrogen (secondary N) is 1. The summed E-state index contributed by atoms with van der Waals surface area (Å²) in [7, 11) is 2.18. The Kier molecular flexibility index (Phi) is 2.23. The van der Waals surface area contributed by atoms with Crippen molar-refractivity contribution >= 4 is 10.9 Å². The fraction of sp³-hybridized carbons (Fsp3) is 0.385. The van der Waals surface area contributed by atoms with Gasteiger partial charge in [-0.3, -0.25) is 0 Å². The molecule has 0 bridgehead atoms. The summed E-state index contributed by atoms with van der Waals surface area (Å²) in [4.78, 5) is 5.89. The van der Waals surface area contributed by atoms with Gasteiger partial charge in [-0.25, -0.2) is 0 Å². The van der Waals surface area contributed by atoms with Crippen LogP contribution >= 0.6 is 0 Å². The number of hydrogen-bond donors (Lipinski definition) is 2. The third-order valence-electron chi connectivity index (χ3n) is 3.47. The predicted octanol–water partition coefficient (Wildman–Crippen LogP) is 1.61. The van der Waals surface area contributed by atoms with Crippen LogP contribution in [0.3, 0.4) is 0 Å². The summed E-state index contributed by atoms with van der Waals surface area (Å²) in [5, 5.41) is 1.35. The highest BCUT2D eigenvalue weighted by Gasteiger charge is 2.18. The lowest BCUT2D eigenvalue weighted by molar-refractivity contribution is 0.313. The van der Waals surface area contributed by atoms with Crippen molar-refractivity contribution in [3.63, 3.8) is 0 Å². The second kappa shape index (κ2) is 3.61. The highest BCUT2D eigenvalue weighted by molar-refractivity contribution is 5.85. The van der Waals surface area contributed by atoms with Gasteiger partial charge >= 0.3 is 0 Å². The Morgan fingerprint density at radius 1 is 1.44 bits per heavy atom. The van der Waals surface area contributed by atoms with Gasteiger partial charge in [0.15, 0.2) is 0 Å². The summed E-state index contributed by atoms with van der Waals surface area (Å²) >= 11 is 0. The largest absolute Gasteiger partial charge is 0.358 e. The Bertz CT molecular complexity index is 527. The van der Waals surface area contributed by atoms with Crippen LogP contribution in [0.15, 0.2) is 18.2 Å². The van der Waals surface area contributed by atoms with Crippen molar-refractivity contribution in [3.05, 3.63) is 35.0 Å². The highest BCUT2D eigenvalue weighted by Crippen LogP contribution is 2.27. The first-order chi connectivity index (χ1) is 7.78. The van der Waals surface area contributed by atoms with Crippen molar-refractivity contribution in [2.45, 2.75) is 19.5 Å².